The van der Waals surface area contributed by atoms with E-state index in [0.717, 1.165) is 16.4 Å². The fraction of sp³-hybridized carbons (Fsp3) is 0.700. The molecule has 14 heavy (non-hydrogen) atoms. The molecule has 0 spiro atoms. The Morgan fingerprint density at radius 1 is 1.29 bits per heavy atom. The summed E-state index contributed by atoms with van der Waals surface area (Å²) in [5, 5.41) is 2.06. The molecule has 0 rings (SSSR count). The lowest BCUT2D eigenvalue weighted by atomic mass is 10.4. The minimum Gasteiger partial charge on any atom is -0.466 e. The quantitative estimate of drug-likeness (QED) is 0.631. The predicted molar refractivity (Wildman–Crippen MR) is 65.6 cm³/mol. The Hall–Kier alpha value is -0.0900. The fourth-order valence-electron chi connectivity index (χ4n) is 0.843. The molecule has 0 aliphatic heterocycles. The van der Waals surface area contributed by atoms with Crippen LogP contribution in [0.5, 0.6) is 0 Å². The van der Waals surface area contributed by atoms with Crippen LogP contribution in [0.3, 0.4) is 0 Å². The molecule has 0 heterocycles. The first-order valence-corrected chi connectivity index (χ1v) is 6.87. The molecule has 0 saturated carbocycles. The van der Waals surface area contributed by atoms with Crippen LogP contribution in [0, 0.1) is 0 Å². The van der Waals surface area contributed by atoms with E-state index in [1.54, 1.807) is 23.5 Å². The van der Waals surface area contributed by atoms with Crippen molar-refractivity contribution in [2.75, 3.05) is 18.1 Å². The first-order chi connectivity index (χ1) is 6.74. The fourth-order valence-corrected chi connectivity index (χ4v) is 2.35. The van der Waals surface area contributed by atoms with Gasteiger partial charge in [0.2, 0.25) is 0 Å². The summed E-state index contributed by atoms with van der Waals surface area (Å²) in [7, 11) is 0. The Bertz CT molecular complexity index is 191. The lowest BCUT2D eigenvalue weighted by Crippen LogP contribution is -2.04. The summed E-state index contributed by atoms with van der Waals surface area (Å²) in [6.45, 7) is 6.47. The zero-order valence-electron chi connectivity index (χ0n) is 9.04. The van der Waals surface area contributed by atoms with Gasteiger partial charge < -0.3 is 4.74 Å². The second-order valence-electron chi connectivity index (χ2n) is 2.45. The van der Waals surface area contributed by atoms with Gasteiger partial charge in [0.1, 0.15) is 0 Å². The zero-order valence-corrected chi connectivity index (χ0v) is 10.7. The number of esters is 1. The molecule has 2 nitrogen and oxygen atoms in total. The first-order valence-electron chi connectivity index (χ1n) is 4.83. The van der Waals surface area contributed by atoms with Gasteiger partial charge in [-0.15, -0.1) is 23.5 Å². The number of carbonyl (C=O) groups excluding carboxylic acids is 1. The van der Waals surface area contributed by atoms with E-state index in [1.165, 1.54) is 0 Å². The van der Waals surface area contributed by atoms with Gasteiger partial charge in [-0.1, -0.05) is 13.8 Å². The van der Waals surface area contributed by atoms with Crippen LogP contribution in [0.2, 0.25) is 0 Å². The molecule has 82 valence electrons. The van der Waals surface area contributed by atoms with Crippen LogP contribution in [0.1, 0.15) is 27.2 Å². The van der Waals surface area contributed by atoms with Gasteiger partial charge in [-0.2, -0.15) is 0 Å². The van der Waals surface area contributed by atoms with Gasteiger partial charge in [-0.05, 0) is 23.8 Å². The highest BCUT2D eigenvalue weighted by Crippen LogP contribution is 2.23. The Morgan fingerprint density at radius 3 is 2.50 bits per heavy atom. The number of hydrogen-bond donors (Lipinski definition) is 0. The van der Waals surface area contributed by atoms with Crippen molar-refractivity contribution in [3.63, 3.8) is 0 Å². The van der Waals surface area contributed by atoms with Crippen molar-refractivity contribution in [1.82, 2.24) is 0 Å². The lowest BCUT2D eigenvalue weighted by Gasteiger charge is -2.05. The highest BCUT2D eigenvalue weighted by molar-refractivity contribution is 8.06. The van der Waals surface area contributed by atoms with Crippen molar-refractivity contribution >= 4 is 29.5 Å². The largest absolute Gasteiger partial charge is 0.466 e. The number of ether oxygens (including phenoxy) is 1. The van der Waals surface area contributed by atoms with Crippen LogP contribution in [-0.4, -0.2) is 24.1 Å². The lowest BCUT2D eigenvalue weighted by molar-refractivity contribution is -0.142. The molecular weight excluding hydrogens is 216 g/mol. The third-order valence-corrected chi connectivity index (χ3v) is 3.19. The van der Waals surface area contributed by atoms with E-state index in [1.807, 2.05) is 6.92 Å². The van der Waals surface area contributed by atoms with Gasteiger partial charge in [-0.25, -0.2) is 0 Å². The summed E-state index contributed by atoms with van der Waals surface area (Å²) in [6.07, 6.45) is 0.416. The summed E-state index contributed by atoms with van der Waals surface area (Å²) in [4.78, 5) is 12.3. The Labute approximate surface area is 94.9 Å². The maximum atomic E-state index is 11.2. The zero-order chi connectivity index (χ0) is 10.8. The molecule has 0 amide bonds. The van der Waals surface area contributed by atoms with E-state index in [9.17, 15) is 4.79 Å². The number of hydrogen-bond acceptors (Lipinski definition) is 4. The van der Waals surface area contributed by atoms with E-state index in [4.69, 9.17) is 4.74 Å². The topological polar surface area (TPSA) is 26.3 Å². The van der Waals surface area contributed by atoms with Crippen LogP contribution >= 0.6 is 23.5 Å². The van der Waals surface area contributed by atoms with Crippen LogP contribution in [0.25, 0.3) is 0 Å². The van der Waals surface area contributed by atoms with E-state index >= 15 is 0 Å². The predicted octanol–water partition coefficient (Wildman–Crippen LogP) is 3.29. The highest BCUT2D eigenvalue weighted by atomic mass is 32.2. The monoisotopic (exact) mass is 234 g/mol. The van der Waals surface area contributed by atoms with Gasteiger partial charge in [0.25, 0.3) is 0 Å². The maximum Gasteiger partial charge on any atom is 0.310 e. The molecule has 4 heteroatoms. The van der Waals surface area contributed by atoms with Crippen LogP contribution in [0.4, 0.5) is 0 Å². The standard InChI is InChI=1S/C10H18O2S2/c1-4-12-10(11)7-9(14-6-3)8-13-5-2/h8H,4-7H2,1-3H3/b9-8+. The molecule has 0 aromatic carbocycles. The molecule has 0 radical (unpaired) electrons. The van der Waals surface area contributed by atoms with Crippen molar-refractivity contribution in [1.29, 1.82) is 0 Å². The van der Waals surface area contributed by atoms with Crippen molar-refractivity contribution < 1.29 is 9.53 Å². The number of rotatable bonds is 7. The molecule has 0 aliphatic carbocycles. The Balaban J connectivity index is 4.01. The van der Waals surface area contributed by atoms with Gasteiger partial charge in [0.05, 0.1) is 13.0 Å². The number of carbonyl (C=O) groups is 1. The summed E-state index contributed by atoms with van der Waals surface area (Å²) in [5.74, 6) is 1.91. The average molecular weight is 234 g/mol. The Kier molecular flexibility index (Phi) is 9.40. The van der Waals surface area contributed by atoms with Gasteiger partial charge in [0.15, 0.2) is 0 Å². The number of thioether (sulfide) groups is 2. The van der Waals surface area contributed by atoms with Gasteiger partial charge in [0, 0.05) is 4.91 Å². The minimum atomic E-state index is -0.128. The first kappa shape index (κ1) is 13.9. The van der Waals surface area contributed by atoms with Crippen LogP contribution in [0.15, 0.2) is 10.3 Å². The van der Waals surface area contributed by atoms with E-state index < -0.39 is 0 Å². The second-order valence-corrected chi connectivity index (χ2v) is 4.99. The SMILES string of the molecule is CCOC(=O)C/C(=C\SCC)SCC. The molecule has 0 aromatic rings. The minimum absolute atomic E-state index is 0.128. The van der Waals surface area contributed by atoms with Crippen molar-refractivity contribution in [3.05, 3.63) is 10.3 Å². The summed E-state index contributed by atoms with van der Waals surface area (Å²) in [6, 6.07) is 0. The Morgan fingerprint density at radius 2 is 2.00 bits per heavy atom. The van der Waals surface area contributed by atoms with Crippen molar-refractivity contribution in [2.24, 2.45) is 0 Å². The second kappa shape index (κ2) is 9.46. The summed E-state index contributed by atoms with van der Waals surface area (Å²) < 4.78 is 4.90. The molecule has 0 aliphatic rings. The van der Waals surface area contributed by atoms with E-state index in [-0.39, 0.29) is 5.97 Å². The van der Waals surface area contributed by atoms with E-state index in [0.29, 0.717) is 13.0 Å². The van der Waals surface area contributed by atoms with Crippen LogP contribution < -0.4 is 0 Å². The molecule has 0 fully saturated rings. The molecule has 0 unspecified atom stereocenters. The molecule has 0 aromatic heterocycles. The average Bonchev–Trinajstić information content (AvgIpc) is 2.15. The van der Waals surface area contributed by atoms with E-state index in [2.05, 4.69) is 19.3 Å². The molecular formula is C10H18O2S2. The van der Waals surface area contributed by atoms with Gasteiger partial charge >= 0.3 is 5.97 Å². The third kappa shape index (κ3) is 7.33. The normalized spacial score (nSPS) is 11.5. The molecule has 0 bridgehead atoms. The van der Waals surface area contributed by atoms with Gasteiger partial charge in [-0.3, -0.25) is 4.79 Å². The summed E-state index contributed by atoms with van der Waals surface area (Å²) >= 11 is 3.44. The molecule has 0 atom stereocenters. The highest BCUT2D eigenvalue weighted by Gasteiger charge is 2.06. The van der Waals surface area contributed by atoms with Crippen molar-refractivity contribution in [3.8, 4) is 0 Å². The van der Waals surface area contributed by atoms with Crippen molar-refractivity contribution in [2.45, 2.75) is 27.2 Å². The smallest absolute Gasteiger partial charge is 0.310 e. The van der Waals surface area contributed by atoms with Crippen LogP contribution in [-0.2, 0) is 9.53 Å². The molecule has 0 saturated heterocycles. The maximum absolute atomic E-state index is 11.2. The third-order valence-electron chi connectivity index (χ3n) is 1.34. The molecule has 0 N–H and O–H groups in total. The summed E-state index contributed by atoms with van der Waals surface area (Å²) in [5.41, 5.74) is 0.